The van der Waals surface area contributed by atoms with Gasteiger partial charge in [0.25, 0.3) is 0 Å². The number of hydrogen-bond donors (Lipinski definition) is 3. The van der Waals surface area contributed by atoms with E-state index in [1.807, 2.05) is 0 Å². The lowest BCUT2D eigenvalue weighted by atomic mass is 10.1. The number of rotatable bonds is 9. The summed E-state index contributed by atoms with van der Waals surface area (Å²) >= 11 is 0. The van der Waals surface area contributed by atoms with Gasteiger partial charge >= 0.3 is 11.9 Å². The van der Waals surface area contributed by atoms with Crippen LogP contribution in [0.4, 0.5) is 0 Å². The minimum atomic E-state index is -0.992. The molecule has 0 aromatic heterocycles. The van der Waals surface area contributed by atoms with Crippen LogP contribution in [-0.4, -0.2) is 33.4 Å². The molecule has 0 spiro atoms. The Balaban J connectivity index is 3.23. The first-order valence-corrected chi connectivity index (χ1v) is 5.14. The third-order valence-electron chi connectivity index (χ3n) is 2.09. The number of carboxylic acids is 2. The zero-order valence-electron chi connectivity index (χ0n) is 8.69. The highest BCUT2D eigenvalue weighted by Gasteiger charge is 2.08. The molecule has 1 unspecified atom stereocenters. The summed E-state index contributed by atoms with van der Waals surface area (Å²) < 4.78 is 0. The first-order chi connectivity index (χ1) is 7.02. The number of carboxylic acid groups (broad SMARTS) is 2. The standard InChI is InChI=1S/C10H18O5/c11-8(7-10(14)15)5-3-1-2-4-6-9(12)13/h8,11H,1-7H2,(H,12,13)(H,14,15). The Morgan fingerprint density at radius 2 is 1.53 bits per heavy atom. The zero-order valence-corrected chi connectivity index (χ0v) is 8.69. The third-order valence-corrected chi connectivity index (χ3v) is 2.09. The summed E-state index contributed by atoms with van der Waals surface area (Å²) in [6.45, 7) is 0. The Kier molecular flexibility index (Phi) is 7.62. The lowest BCUT2D eigenvalue weighted by molar-refractivity contribution is -0.139. The van der Waals surface area contributed by atoms with E-state index in [1.54, 1.807) is 0 Å². The molecular formula is C10H18O5. The van der Waals surface area contributed by atoms with E-state index >= 15 is 0 Å². The predicted molar refractivity (Wildman–Crippen MR) is 53.6 cm³/mol. The SMILES string of the molecule is O=C(O)CCCCCCC(O)CC(=O)O. The molecule has 0 saturated heterocycles. The highest BCUT2D eigenvalue weighted by Crippen LogP contribution is 2.09. The van der Waals surface area contributed by atoms with Gasteiger partial charge in [0, 0.05) is 6.42 Å². The van der Waals surface area contributed by atoms with Crippen molar-refractivity contribution in [2.45, 2.75) is 51.0 Å². The summed E-state index contributed by atoms with van der Waals surface area (Å²) in [4.78, 5) is 20.4. The lowest BCUT2D eigenvalue weighted by Crippen LogP contribution is -2.12. The Bertz CT molecular complexity index is 202. The minimum Gasteiger partial charge on any atom is -0.481 e. The molecule has 5 heteroatoms. The third kappa shape index (κ3) is 10.8. The van der Waals surface area contributed by atoms with Crippen molar-refractivity contribution in [3.05, 3.63) is 0 Å². The van der Waals surface area contributed by atoms with Crippen molar-refractivity contribution in [2.24, 2.45) is 0 Å². The van der Waals surface area contributed by atoms with Gasteiger partial charge in [-0.25, -0.2) is 0 Å². The first kappa shape index (κ1) is 13.9. The van der Waals surface area contributed by atoms with Crippen LogP contribution in [-0.2, 0) is 9.59 Å². The number of aliphatic carboxylic acids is 2. The van der Waals surface area contributed by atoms with Crippen LogP contribution in [0.5, 0.6) is 0 Å². The number of aliphatic hydroxyl groups excluding tert-OH is 1. The molecule has 1 atom stereocenters. The normalized spacial score (nSPS) is 12.3. The number of hydrogen-bond acceptors (Lipinski definition) is 3. The molecule has 0 aliphatic rings. The average molecular weight is 218 g/mol. The van der Waals surface area contributed by atoms with Crippen molar-refractivity contribution in [3.63, 3.8) is 0 Å². The summed E-state index contributed by atoms with van der Waals surface area (Å²) in [5.74, 6) is -1.78. The summed E-state index contributed by atoms with van der Waals surface area (Å²) in [5, 5.41) is 25.9. The van der Waals surface area contributed by atoms with Gasteiger partial charge in [-0.05, 0) is 12.8 Å². The summed E-state index contributed by atoms with van der Waals surface area (Å²) in [5.41, 5.74) is 0. The number of unbranched alkanes of at least 4 members (excludes halogenated alkanes) is 3. The van der Waals surface area contributed by atoms with Gasteiger partial charge < -0.3 is 15.3 Å². The molecule has 0 saturated carbocycles. The molecule has 3 N–H and O–H groups in total. The molecule has 0 aliphatic heterocycles. The molecule has 0 radical (unpaired) electrons. The van der Waals surface area contributed by atoms with Gasteiger partial charge in [0.05, 0.1) is 12.5 Å². The van der Waals surface area contributed by atoms with E-state index in [0.29, 0.717) is 12.8 Å². The van der Waals surface area contributed by atoms with Crippen LogP contribution >= 0.6 is 0 Å². The smallest absolute Gasteiger partial charge is 0.305 e. The van der Waals surface area contributed by atoms with E-state index in [2.05, 4.69) is 0 Å². The molecule has 5 nitrogen and oxygen atoms in total. The van der Waals surface area contributed by atoms with Crippen molar-refractivity contribution < 1.29 is 24.9 Å². The van der Waals surface area contributed by atoms with Crippen LogP contribution in [0.1, 0.15) is 44.9 Å². The fourth-order valence-electron chi connectivity index (χ4n) is 1.31. The minimum absolute atomic E-state index is 0.178. The van der Waals surface area contributed by atoms with Crippen LogP contribution in [0.15, 0.2) is 0 Å². The molecule has 0 aliphatic carbocycles. The van der Waals surface area contributed by atoms with Crippen LogP contribution in [0.2, 0.25) is 0 Å². The second kappa shape index (κ2) is 8.23. The fourth-order valence-corrected chi connectivity index (χ4v) is 1.31. The van der Waals surface area contributed by atoms with E-state index in [1.165, 1.54) is 0 Å². The molecule has 15 heavy (non-hydrogen) atoms. The first-order valence-electron chi connectivity index (χ1n) is 5.14. The zero-order chi connectivity index (χ0) is 11.7. The van der Waals surface area contributed by atoms with Crippen molar-refractivity contribution in [3.8, 4) is 0 Å². The van der Waals surface area contributed by atoms with Crippen LogP contribution in [0.3, 0.4) is 0 Å². The van der Waals surface area contributed by atoms with Crippen LogP contribution in [0.25, 0.3) is 0 Å². The fraction of sp³-hybridized carbons (Fsp3) is 0.800. The highest BCUT2D eigenvalue weighted by molar-refractivity contribution is 5.67. The van der Waals surface area contributed by atoms with Crippen molar-refractivity contribution in [2.75, 3.05) is 0 Å². The largest absolute Gasteiger partial charge is 0.481 e. The van der Waals surface area contributed by atoms with E-state index in [-0.39, 0.29) is 12.8 Å². The highest BCUT2D eigenvalue weighted by atomic mass is 16.4. The Hall–Kier alpha value is -1.10. The molecule has 0 bridgehead atoms. The maximum atomic E-state index is 10.2. The van der Waals surface area contributed by atoms with Gasteiger partial charge in [0.1, 0.15) is 0 Å². The van der Waals surface area contributed by atoms with E-state index in [9.17, 15) is 14.7 Å². The van der Waals surface area contributed by atoms with Gasteiger partial charge in [0.2, 0.25) is 0 Å². The summed E-state index contributed by atoms with van der Waals surface area (Å²) in [7, 11) is 0. The topological polar surface area (TPSA) is 94.8 Å². The Labute approximate surface area is 88.7 Å². The molecular weight excluding hydrogens is 200 g/mol. The number of carbonyl (C=O) groups is 2. The predicted octanol–water partition coefficient (Wildman–Crippen LogP) is 1.25. The molecule has 0 aromatic rings. The van der Waals surface area contributed by atoms with Crippen molar-refractivity contribution in [1.82, 2.24) is 0 Å². The van der Waals surface area contributed by atoms with Crippen LogP contribution < -0.4 is 0 Å². The van der Waals surface area contributed by atoms with Gasteiger partial charge in [-0.3, -0.25) is 9.59 Å². The molecule has 0 heterocycles. The quantitative estimate of drug-likeness (QED) is 0.506. The van der Waals surface area contributed by atoms with Crippen molar-refractivity contribution in [1.29, 1.82) is 0 Å². The molecule has 0 aromatic carbocycles. The van der Waals surface area contributed by atoms with Gasteiger partial charge in [-0.2, -0.15) is 0 Å². The van der Waals surface area contributed by atoms with Crippen LogP contribution in [0, 0.1) is 0 Å². The summed E-state index contributed by atoms with van der Waals surface area (Å²) in [6.07, 6.45) is 2.70. The maximum Gasteiger partial charge on any atom is 0.305 e. The maximum absolute atomic E-state index is 10.2. The molecule has 0 fully saturated rings. The van der Waals surface area contributed by atoms with Gasteiger partial charge in [-0.1, -0.05) is 19.3 Å². The van der Waals surface area contributed by atoms with Gasteiger partial charge in [-0.15, -0.1) is 0 Å². The molecule has 0 rings (SSSR count). The van der Waals surface area contributed by atoms with Crippen molar-refractivity contribution >= 4 is 11.9 Å². The Morgan fingerprint density at radius 1 is 0.933 bits per heavy atom. The summed E-state index contributed by atoms with van der Waals surface area (Å²) in [6, 6.07) is 0. The monoisotopic (exact) mass is 218 g/mol. The van der Waals surface area contributed by atoms with E-state index in [0.717, 1.165) is 19.3 Å². The second-order valence-corrected chi connectivity index (χ2v) is 3.60. The Morgan fingerprint density at radius 3 is 2.07 bits per heavy atom. The number of aliphatic hydroxyl groups is 1. The molecule has 0 amide bonds. The van der Waals surface area contributed by atoms with Gasteiger partial charge in [0.15, 0.2) is 0 Å². The lowest BCUT2D eigenvalue weighted by Gasteiger charge is -2.06. The van der Waals surface area contributed by atoms with E-state index in [4.69, 9.17) is 10.2 Å². The average Bonchev–Trinajstić information content (AvgIpc) is 2.09. The van der Waals surface area contributed by atoms with E-state index < -0.39 is 18.0 Å². The molecule has 88 valence electrons. The second-order valence-electron chi connectivity index (χ2n) is 3.60.